The third kappa shape index (κ3) is 3.05. The molecule has 0 bridgehead atoms. The minimum atomic E-state index is -3.24. The molecule has 1 aromatic rings. The highest BCUT2D eigenvalue weighted by Gasteiger charge is 2.26. The van der Waals surface area contributed by atoms with Crippen LogP contribution in [0.25, 0.3) is 0 Å². The molecule has 0 spiro atoms. The van der Waals surface area contributed by atoms with Gasteiger partial charge in [0.05, 0.1) is 17.6 Å². The quantitative estimate of drug-likeness (QED) is 0.832. The van der Waals surface area contributed by atoms with Gasteiger partial charge in [0.25, 0.3) is 0 Å². The zero-order chi connectivity index (χ0) is 12.3. The Hall–Kier alpha value is -0.880. The first-order valence-corrected chi connectivity index (χ1v) is 7.21. The van der Waals surface area contributed by atoms with Crippen molar-refractivity contribution in [1.82, 2.24) is 9.78 Å². The summed E-state index contributed by atoms with van der Waals surface area (Å²) in [5.41, 5.74) is 0.548. The lowest BCUT2D eigenvalue weighted by atomic mass is 10.1. The van der Waals surface area contributed by atoms with Crippen molar-refractivity contribution in [2.45, 2.75) is 38.2 Å². The average Bonchev–Trinajstić information content (AvgIpc) is 2.63. The van der Waals surface area contributed by atoms with Crippen LogP contribution in [-0.2, 0) is 16.4 Å². The summed E-state index contributed by atoms with van der Waals surface area (Å²) in [6, 6.07) is 0. The number of aryl methyl sites for hydroxylation is 1. The van der Waals surface area contributed by atoms with Gasteiger partial charge in [-0.3, -0.25) is 4.68 Å². The molecular weight excluding hydrogens is 228 g/mol. The van der Waals surface area contributed by atoms with Crippen LogP contribution in [0, 0.1) is 0 Å². The summed E-state index contributed by atoms with van der Waals surface area (Å²) < 4.78 is 24.3. The highest BCUT2D eigenvalue weighted by molar-refractivity contribution is 7.91. The molecule has 0 fully saturated rings. The molecule has 0 aromatic carbocycles. The first-order valence-electron chi connectivity index (χ1n) is 5.25. The SMILES string of the molecule is CCCn1cc(C(O)C(C)S(C)(=O)=O)cn1. The van der Waals surface area contributed by atoms with Gasteiger partial charge in [-0.25, -0.2) is 8.42 Å². The number of aliphatic hydroxyl groups excluding tert-OH is 1. The summed E-state index contributed by atoms with van der Waals surface area (Å²) in [4.78, 5) is 0. The molecule has 1 aromatic heterocycles. The van der Waals surface area contributed by atoms with E-state index in [1.165, 1.54) is 13.1 Å². The third-order valence-electron chi connectivity index (χ3n) is 2.57. The topological polar surface area (TPSA) is 72.2 Å². The van der Waals surface area contributed by atoms with Crippen molar-refractivity contribution in [3.63, 3.8) is 0 Å². The Balaban J connectivity index is 2.84. The maximum absolute atomic E-state index is 11.3. The van der Waals surface area contributed by atoms with Gasteiger partial charge >= 0.3 is 0 Å². The van der Waals surface area contributed by atoms with Crippen molar-refractivity contribution in [2.75, 3.05) is 6.26 Å². The molecular formula is C10H18N2O3S. The molecule has 0 radical (unpaired) electrons. The van der Waals surface area contributed by atoms with Crippen LogP contribution in [-0.4, -0.2) is 34.8 Å². The van der Waals surface area contributed by atoms with E-state index in [4.69, 9.17) is 0 Å². The van der Waals surface area contributed by atoms with Gasteiger partial charge in [0, 0.05) is 24.6 Å². The summed E-state index contributed by atoms with van der Waals surface area (Å²) in [6.07, 6.45) is 4.26. The molecule has 0 saturated carbocycles. The van der Waals surface area contributed by atoms with Gasteiger partial charge in [0.1, 0.15) is 0 Å². The Bertz CT molecular complexity index is 439. The Morgan fingerprint density at radius 3 is 2.69 bits per heavy atom. The van der Waals surface area contributed by atoms with Gasteiger partial charge in [0.15, 0.2) is 9.84 Å². The van der Waals surface area contributed by atoms with Gasteiger partial charge in [-0.05, 0) is 13.3 Å². The molecule has 0 aliphatic carbocycles. The van der Waals surface area contributed by atoms with Crippen molar-refractivity contribution in [3.8, 4) is 0 Å². The van der Waals surface area contributed by atoms with Crippen LogP contribution < -0.4 is 0 Å². The predicted molar refractivity (Wildman–Crippen MR) is 61.8 cm³/mol. The number of nitrogens with zero attached hydrogens (tertiary/aromatic N) is 2. The summed E-state index contributed by atoms with van der Waals surface area (Å²) in [5, 5.41) is 13.1. The standard InChI is InChI=1S/C10H18N2O3S/c1-4-5-12-7-9(6-11-12)10(13)8(2)16(3,14)15/h6-8,10,13H,4-5H2,1-3H3. The van der Waals surface area contributed by atoms with E-state index in [1.807, 2.05) is 6.92 Å². The van der Waals surface area contributed by atoms with E-state index in [2.05, 4.69) is 5.10 Å². The van der Waals surface area contributed by atoms with E-state index in [9.17, 15) is 13.5 Å². The molecule has 1 N–H and O–H groups in total. The molecule has 0 amide bonds. The highest BCUT2D eigenvalue weighted by Crippen LogP contribution is 2.20. The Kier molecular flexibility index (Phi) is 4.09. The fourth-order valence-electron chi connectivity index (χ4n) is 1.39. The number of aliphatic hydroxyl groups is 1. The van der Waals surface area contributed by atoms with Gasteiger partial charge in [0.2, 0.25) is 0 Å². The van der Waals surface area contributed by atoms with Gasteiger partial charge in [-0.15, -0.1) is 0 Å². The van der Waals surface area contributed by atoms with Crippen LogP contribution in [0.1, 0.15) is 31.9 Å². The van der Waals surface area contributed by atoms with Gasteiger partial charge in [-0.2, -0.15) is 5.10 Å². The van der Waals surface area contributed by atoms with E-state index in [0.717, 1.165) is 19.2 Å². The molecule has 6 heteroatoms. The number of hydrogen-bond acceptors (Lipinski definition) is 4. The van der Waals surface area contributed by atoms with Crippen molar-refractivity contribution in [2.24, 2.45) is 0 Å². The maximum Gasteiger partial charge on any atom is 0.152 e. The second kappa shape index (κ2) is 4.97. The van der Waals surface area contributed by atoms with Crippen LogP contribution in [0.3, 0.4) is 0 Å². The zero-order valence-corrected chi connectivity index (χ0v) is 10.6. The minimum absolute atomic E-state index is 0.548. The average molecular weight is 246 g/mol. The lowest BCUT2D eigenvalue weighted by Gasteiger charge is -2.15. The van der Waals surface area contributed by atoms with E-state index < -0.39 is 21.2 Å². The Labute approximate surface area is 96.0 Å². The molecule has 2 unspecified atom stereocenters. The Morgan fingerprint density at radius 1 is 1.56 bits per heavy atom. The summed E-state index contributed by atoms with van der Waals surface area (Å²) in [5.74, 6) is 0. The van der Waals surface area contributed by atoms with E-state index in [0.29, 0.717) is 5.56 Å². The zero-order valence-electron chi connectivity index (χ0n) is 9.79. The van der Waals surface area contributed by atoms with E-state index in [1.54, 1.807) is 10.9 Å². The Morgan fingerprint density at radius 2 is 2.19 bits per heavy atom. The van der Waals surface area contributed by atoms with Crippen molar-refractivity contribution < 1.29 is 13.5 Å². The molecule has 1 rings (SSSR count). The smallest absolute Gasteiger partial charge is 0.152 e. The predicted octanol–water partition coefficient (Wildman–Crippen LogP) is 0.760. The summed E-state index contributed by atoms with van der Waals surface area (Å²) in [6.45, 7) is 4.29. The molecule has 2 atom stereocenters. The lowest BCUT2D eigenvalue weighted by Crippen LogP contribution is -2.24. The third-order valence-corrected chi connectivity index (χ3v) is 4.18. The molecule has 5 nitrogen and oxygen atoms in total. The van der Waals surface area contributed by atoms with Crippen LogP contribution in [0.4, 0.5) is 0 Å². The largest absolute Gasteiger partial charge is 0.387 e. The van der Waals surface area contributed by atoms with Crippen molar-refractivity contribution in [1.29, 1.82) is 0 Å². The van der Waals surface area contributed by atoms with Crippen molar-refractivity contribution in [3.05, 3.63) is 18.0 Å². The fourth-order valence-corrected chi connectivity index (χ4v) is 2.01. The molecule has 16 heavy (non-hydrogen) atoms. The van der Waals surface area contributed by atoms with Gasteiger partial charge in [-0.1, -0.05) is 6.92 Å². The first kappa shape index (κ1) is 13.2. The van der Waals surface area contributed by atoms with Crippen LogP contribution in [0.5, 0.6) is 0 Å². The van der Waals surface area contributed by atoms with E-state index >= 15 is 0 Å². The number of aromatic nitrogens is 2. The van der Waals surface area contributed by atoms with E-state index in [-0.39, 0.29) is 0 Å². The molecule has 0 aliphatic heterocycles. The second-order valence-electron chi connectivity index (χ2n) is 4.02. The number of hydrogen-bond donors (Lipinski definition) is 1. The van der Waals surface area contributed by atoms with Crippen LogP contribution in [0.2, 0.25) is 0 Å². The number of rotatable bonds is 5. The first-order chi connectivity index (χ1) is 7.36. The molecule has 1 heterocycles. The van der Waals surface area contributed by atoms with Gasteiger partial charge < -0.3 is 5.11 Å². The minimum Gasteiger partial charge on any atom is -0.387 e. The molecule has 0 saturated heterocycles. The lowest BCUT2D eigenvalue weighted by molar-refractivity contribution is 0.176. The second-order valence-corrected chi connectivity index (χ2v) is 6.42. The number of sulfone groups is 1. The molecule has 0 aliphatic rings. The van der Waals surface area contributed by atoms with Crippen molar-refractivity contribution >= 4 is 9.84 Å². The summed E-state index contributed by atoms with van der Waals surface area (Å²) >= 11 is 0. The molecule has 92 valence electrons. The van der Waals surface area contributed by atoms with Crippen LogP contribution in [0.15, 0.2) is 12.4 Å². The normalized spacial score (nSPS) is 16.0. The highest BCUT2D eigenvalue weighted by atomic mass is 32.2. The fraction of sp³-hybridized carbons (Fsp3) is 0.700. The summed E-state index contributed by atoms with van der Waals surface area (Å²) in [7, 11) is -3.24. The maximum atomic E-state index is 11.3. The van der Waals surface area contributed by atoms with Crippen LogP contribution >= 0.6 is 0 Å². The monoisotopic (exact) mass is 246 g/mol.